The van der Waals surface area contributed by atoms with Crippen molar-refractivity contribution in [1.29, 1.82) is 0 Å². The van der Waals surface area contributed by atoms with Crippen LogP contribution >= 0.6 is 0 Å². The van der Waals surface area contributed by atoms with Gasteiger partial charge in [-0.1, -0.05) is 25.4 Å². The highest BCUT2D eigenvalue weighted by Gasteiger charge is 2.16. The molecule has 102 valence electrons. The number of aryl methyl sites for hydroxylation is 1. The Hall–Kier alpha value is -1.36. The lowest BCUT2D eigenvalue weighted by atomic mass is 9.87. The van der Waals surface area contributed by atoms with Crippen molar-refractivity contribution in [2.75, 3.05) is 5.73 Å². The Balaban J connectivity index is 3.44. The fourth-order valence-electron chi connectivity index (χ4n) is 2.02. The van der Waals surface area contributed by atoms with Gasteiger partial charge in [-0.3, -0.25) is 0 Å². The summed E-state index contributed by atoms with van der Waals surface area (Å²) in [6.45, 7) is 7.24. The van der Waals surface area contributed by atoms with E-state index in [1.54, 1.807) is 25.5 Å². The standard InChI is InChI=1S/C14H19BF2N2/c1-7(2)10(9(4)19-17)6-11-13(16)12(15)5-8(3)14(11)18/h5-7,9,19H,18H2,1-4H3/b10-6+. The predicted molar refractivity (Wildman–Crippen MR) is 77.5 cm³/mol. The molecule has 0 aliphatic heterocycles. The smallest absolute Gasteiger partial charge is 0.125 e. The lowest BCUT2D eigenvalue weighted by Crippen LogP contribution is -2.23. The lowest BCUT2D eigenvalue weighted by Gasteiger charge is -2.18. The number of anilines is 1. The summed E-state index contributed by atoms with van der Waals surface area (Å²) in [6, 6.07) is 0.981. The van der Waals surface area contributed by atoms with Crippen molar-refractivity contribution in [2.24, 2.45) is 5.92 Å². The molecule has 2 radical (unpaired) electrons. The van der Waals surface area contributed by atoms with Crippen LogP contribution in [-0.4, -0.2) is 13.9 Å². The molecule has 1 unspecified atom stereocenters. The molecular formula is C14H19BF2N2. The molecule has 1 atom stereocenters. The zero-order valence-electron chi connectivity index (χ0n) is 11.7. The zero-order chi connectivity index (χ0) is 14.7. The SMILES string of the molecule is [B]c1cc(C)c(N)c(/C=C(\C(C)C)C(C)NF)c1F. The van der Waals surface area contributed by atoms with Crippen LogP contribution < -0.4 is 16.7 Å². The molecule has 0 fully saturated rings. The Morgan fingerprint density at radius 3 is 2.47 bits per heavy atom. The monoisotopic (exact) mass is 264 g/mol. The highest BCUT2D eigenvalue weighted by atomic mass is 19.2. The Labute approximate surface area is 114 Å². The van der Waals surface area contributed by atoms with E-state index < -0.39 is 11.9 Å². The second kappa shape index (κ2) is 6.19. The summed E-state index contributed by atoms with van der Waals surface area (Å²) in [4.78, 5) is 0. The minimum atomic E-state index is -0.563. The number of hydrogen-bond donors (Lipinski definition) is 2. The third-order valence-corrected chi connectivity index (χ3v) is 3.22. The van der Waals surface area contributed by atoms with Gasteiger partial charge in [0, 0.05) is 11.3 Å². The molecule has 0 aromatic heterocycles. The molecule has 0 aliphatic carbocycles. The summed E-state index contributed by atoms with van der Waals surface area (Å²) in [5, 5.41) is 0. The Bertz CT molecular complexity index is 472. The maximum absolute atomic E-state index is 14.1. The van der Waals surface area contributed by atoms with Gasteiger partial charge in [-0.25, -0.2) is 4.39 Å². The molecule has 2 nitrogen and oxygen atoms in total. The fourth-order valence-corrected chi connectivity index (χ4v) is 2.02. The Morgan fingerprint density at radius 2 is 2.00 bits per heavy atom. The summed E-state index contributed by atoms with van der Waals surface area (Å²) in [6.07, 6.45) is 1.58. The van der Waals surface area contributed by atoms with Crippen LogP contribution in [-0.2, 0) is 0 Å². The number of halogens is 2. The molecule has 0 heterocycles. The average molecular weight is 264 g/mol. The van der Waals surface area contributed by atoms with E-state index in [0.717, 1.165) is 5.57 Å². The highest BCUT2D eigenvalue weighted by Crippen LogP contribution is 2.25. The molecular weight excluding hydrogens is 245 g/mol. The van der Waals surface area contributed by atoms with Gasteiger partial charge in [0.25, 0.3) is 0 Å². The van der Waals surface area contributed by atoms with Crippen LogP contribution in [0.1, 0.15) is 31.9 Å². The first kappa shape index (κ1) is 15.7. The zero-order valence-corrected chi connectivity index (χ0v) is 11.7. The number of nitrogens with two attached hydrogens (primary N) is 1. The minimum Gasteiger partial charge on any atom is -0.398 e. The first-order chi connectivity index (χ1) is 8.79. The summed E-state index contributed by atoms with van der Waals surface area (Å²) in [5.41, 5.74) is 9.58. The predicted octanol–water partition coefficient (Wildman–Crippen LogP) is 2.41. The first-order valence-corrected chi connectivity index (χ1v) is 6.21. The van der Waals surface area contributed by atoms with Crippen molar-refractivity contribution in [1.82, 2.24) is 5.54 Å². The van der Waals surface area contributed by atoms with E-state index in [2.05, 4.69) is 0 Å². The number of benzene rings is 1. The highest BCUT2D eigenvalue weighted by molar-refractivity contribution is 6.33. The van der Waals surface area contributed by atoms with Gasteiger partial charge in [0.15, 0.2) is 0 Å². The number of nitrogen functional groups attached to an aromatic ring is 1. The minimum absolute atomic E-state index is 0.0434. The Kier molecular flexibility index (Phi) is 5.12. The van der Waals surface area contributed by atoms with Gasteiger partial charge >= 0.3 is 0 Å². The summed E-state index contributed by atoms with van der Waals surface area (Å²) in [5.74, 6) is -0.508. The van der Waals surface area contributed by atoms with E-state index in [4.69, 9.17) is 13.6 Å². The van der Waals surface area contributed by atoms with Gasteiger partial charge in [0.05, 0.1) is 6.04 Å². The van der Waals surface area contributed by atoms with Crippen molar-refractivity contribution < 1.29 is 8.87 Å². The van der Waals surface area contributed by atoms with E-state index in [0.29, 0.717) is 11.3 Å². The van der Waals surface area contributed by atoms with Crippen LogP contribution in [0, 0.1) is 18.7 Å². The van der Waals surface area contributed by atoms with Crippen LogP contribution in [0.4, 0.5) is 14.6 Å². The van der Waals surface area contributed by atoms with Crippen LogP contribution in [0.2, 0.25) is 0 Å². The van der Waals surface area contributed by atoms with Gasteiger partial charge in [-0.2, -0.15) is 5.54 Å². The summed E-state index contributed by atoms with van der Waals surface area (Å²) >= 11 is 0. The fraction of sp³-hybridized carbons (Fsp3) is 0.429. The van der Waals surface area contributed by atoms with E-state index in [-0.39, 0.29) is 16.9 Å². The number of nitrogens with one attached hydrogen (secondary N) is 1. The molecule has 0 spiro atoms. The molecule has 0 bridgehead atoms. The van der Waals surface area contributed by atoms with E-state index in [9.17, 15) is 8.87 Å². The van der Waals surface area contributed by atoms with Crippen molar-refractivity contribution in [3.63, 3.8) is 0 Å². The molecule has 0 aliphatic rings. The third kappa shape index (κ3) is 3.35. The number of rotatable bonds is 4. The molecule has 5 heteroatoms. The molecule has 0 amide bonds. The van der Waals surface area contributed by atoms with Gasteiger partial charge < -0.3 is 5.73 Å². The molecule has 1 rings (SSSR count). The van der Waals surface area contributed by atoms with E-state index >= 15 is 0 Å². The molecule has 19 heavy (non-hydrogen) atoms. The maximum atomic E-state index is 14.1. The van der Waals surface area contributed by atoms with Gasteiger partial charge in [0.2, 0.25) is 0 Å². The largest absolute Gasteiger partial charge is 0.398 e. The first-order valence-electron chi connectivity index (χ1n) is 6.21. The lowest BCUT2D eigenvalue weighted by molar-refractivity contribution is 0.295. The number of hydrogen-bond acceptors (Lipinski definition) is 2. The summed E-state index contributed by atoms with van der Waals surface area (Å²) in [7, 11) is 5.60. The van der Waals surface area contributed by atoms with Gasteiger partial charge in [-0.15, -0.1) is 4.48 Å². The van der Waals surface area contributed by atoms with Crippen LogP contribution in [0.5, 0.6) is 0 Å². The van der Waals surface area contributed by atoms with Gasteiger partial charge in [-0.05, 0) is 37.0 Å². The van der Waals surface area contributed by atoms with Crippen molar-refractivity contribution >= 4 is 25.1 Å². The molecule has 0 saturated heterocycles. The van der Waals surface area contributed by atoms with Crippen molar-refractivity contribution in [2.45, 2.75) is 33.7 Å². The molecule has 1 aromatic rings. The second-order valence-electron chi connectivity index (χ2n) is 5.05. The molecule has 1 aromatic carbocycles. The van der Waals surface area contributed by atoms with Gasteiger partial charge in [0.1, 0.15) is 13.7 Å². The van der Waals surface area contributed by atoms with Crippen LogP contribution in [0.25, 0.3) is 6.08 Å². The topological polar surface area (TPSA) is 38.0 Å². The average Bonchev–Trinajstić information content (AvgIpc) is 2.35. The van der Waals surface area contributed by atoms with Crippen molar-refractivity contribution in [3.05, 3.63) is 28.6 Å². The third-order valence-electron chi connectivity index (χ3n) is 3.22. The molecule has 3 N–H and O–H groups in total. The Morgan fingerprint density at radius 1 is 1.42 bits per heavy atom. The maximum Gasteiger partial charge on any atom is 0.125 e. The quantitative estimate of drug-likeness (QED) is 0.498. The van der Waals surface area contributed by atoms with E-state index in [1.807, 2.05) is 13.8 Å². The van der Waals surface area contributed by atoms with Crippen LogP contribution in [0.3, 0.4) is 0 Å². The van der Waals surface area contributed by atoms with E-state index in [1.165, 1.54) is 6.07 Å². The van der Waals surface area contributed by atoms with Crippen molar-refractivity contribution in [3.8, 4) is 0 Å². The summed E-state index contributed by atoms with van der Waals surface area (Å²) < 4.78 is 26.7. The van der Waals surface area contributed by atoms with Crippen LogP contribution in [0.15, 0.2) is 11.6 Å². The normalized spacial score (nSPS) is 13.9. The second-order valence-corrected chi connectivity index (χ2v) is 5.05. The molecule has 0 saturated carbocycles.